The Kier molecular flexibility index (Phi) is 7.85. The molecule has 0 fully saturated rings. The molecule has 4 rings (SSSR count). The highest BCUT2D eigenvalue weighted by atomic mass is 28.3. The number of benzene rings is 3. The number of fused-ring (bicyclic) bond motifs is 1. The topological polar surface area (TPSA) is 78.8 Å². The number of nitrogens with one attached hydrogen (secondary N) is 1. The second-order valence-electron chi connectivity index (χ2n) is 9.52. The van der Waals surface area contributed by atoms with Gasteiger partial charge in [0.1, 0.15) is 15.4 Å². The summed E-state index contributed by atoms with van der Waals surface area (Å²) in [5.74, 6) is 0. The van der Waals surface area contributed by atoms with Gasteiger partial charge >= 0.3 is 6.09 Å². The first-order valence-electron chi connectivity index (χ1n) is 12.0. The molecule has 3 atom stereocenters. The molecule has 0 radical (unpaired) electrons. The van der Waals surface area contributed by atoms with Crippen LogP contribution in [0.1, 0.15) is 43.1 Å². The lowest BCUT2D eigenvalue weighted by Crippen LogP contribution is -2.68. The Bertz CT molecular complexity index is 1180. The Balaban J connectivity index is 1.56. The van der Waals surface area contributed by atoms with E-state index in [4.69, 9.17) is 4.74 Å². The van der Waals surface area contributed by atoms with Crippen LogP contribution >= 0.6 is 0 Å². The lowest BCUT2D eigenvalue weighted by atomic mass is 9.98. The molecule has 0 aliphatic carbocycles. The fourth-order valence-corrected chi connectivity index (χ4v) is 9.33. The van der Waals surface area contributed by atoms with Crippen LogP contribution in [0.4, 0.5) is 4.79 Å². The summed E-state index contributed by atoms with van der Waals surface area (Å²) in [4.78, 5) is 12.6. The molecule has 0 spiro atoms. The van der Waals surface area contributed by atoms with Crippen molar-refractivity contribution in [3.8, 4) is 0 Å². The van der Waals surface area contributed by atoms with Crippen LogP contribution in [-0.4, -0.2) is 37.8 Å². The Morgan fingerprint density at radius 1 is 0.971 bits per heavy atom. The minimum absolute atomic E-state index is 0.0702. The summed E-state index contributed by atoms with van der Waals surface area (Å²) < 4.78 is 5.41. The highest BCUT2D eigenvalue weighted by Crippen LogP contribution is 2.35. The number of carbonyl (C=O) groups is 1. The smallest absolute Gasteiger partial charge is 0.407 e. The Labute approximate surface area is 208 Å². The molecule has 1 aliphatic rings. The second-order valence-corrected chi connectivity index (χ2v) is 13.1. The van der Waals surface area contributed by atoms with Crippen LogP contribution in [0.15, 0.2) is 91.0 Å². The number of amides is 1. The van der Waals surface area contributed by atoms with Gasteiger partial charge in [-0.1, -0.05) is 115 Å². The predicted molar refractivity (Wildman–Crippen MR) is 142 cm³/mol. The van der Waals surface area contributed by atoms with Crippen LogP contribution in [-0.2, 0) is 16.4 Å². The number of aliphatic hydroxyl groups is 2. The van der Waals surface area contributed by atoms with Gasteiger partial charge in [0, 0.05) is 0 Å². The molecule has 182 valence electrons. The molecule has 35 heavy (non-hydrogen) atoms. The number of aliphatic hydroxyl groups excluding tert-OH is 2. The standard InChI is InChI=1S/C29H33NO4Si/c1-29(2)23-15-7-9-18-26(23)35(29)25-17-8-6-14-22(25)27(32)24(16-10-11-19-31)30-28(33)34-20-21-12-4-3-5-13-21/h3-15,17-18,24,27,31-32,35H,16,19-20H2,1-2H3,(H,30,33). The van der Waals surface area contributed by atoms with Crippen molar-refractivity contribution in [2.24, 2.45) is 0 Å². The minimum Gasteiger partial charge on any atom is -0.445 e. The van der Waals surface area contributed by atoms with E-state index in [2.05, 4.69) is 49.5 Å². The summed E-state index contributed by atoms with van der Waals surface area (Å²) in [5, 5.41) is 26.2. The van der Waals surface area contributed by atoms with Crippen molar-refractivity contribution in [3.63, 3.8) is 0 Å². The summed E-state index contributed by atoms with van der Waals surface area (Å²) >= 11 is 0. The fourth-order valence-electron chi connectivity index (χ4n) is 5.12. The number of rotatable bonds is 9. The molecule has 6 heteroatoms. The number of ether oxygens (including phenoxy) is 1. The SMILES string of the molecule is CC1(C)c2ccccc2[SiH]1c1ccccc1C(O)C(CC=CCO)NC(=O)OCc1ccccc1. The highest BCUT2D eigenvalue weighted by molar-refractivity contribution is 6.92. The summed E-state index contributed by atoms with van der Waals surface area (Å²) in [6.07, 6.45) is 2.24. The van der Waals surface area contributed by atoms with E-state index in [-0.39, 0.29) is 18.3 Å². The molecule has 0 saturated heterocycles. The van der Waals surface area contributed by atoms with E-state index < -0.39 is 27.0 Å². The molecule has 3 aromatic carbocycles. The van der Waals surface area contributed by atoms with Crippen LogP contribution in [0.25, 0.3) is 0 Å². The first-order valence-corrected chi connectivity index (χ1v) is 13.8. The molecule has 3 N–H and O–H groups in total. The molecule has 0 bridgehead atoms. The molecule has 5 nitrogen and oxygen atoms in total. The molecule has 1 aliphatic heterocycles. The maximum absolute atomic E-state index is 12.6. The third-order valence-electron chi connectivity index (χ3n) is 6.87. The maximum atomic E-state index is 12.6. The van der Waals surface area contributed by atoms with Crippen molar-refractivity contribution in [2.75, 3.05) is 6.61 Å². The van der Waals surface area contributed by atoms with E-state index >= 15 is 0 Å². The van der Waals surface area contributed by atoms with Gasteiger partial charge in [-0.25, -0.2) is 4.79 Å². The zero-order chi connectivity index (χ0) is 24.8. The molecule has 0 saturated carbocycles. The van der Waals surface area contributed by atoms with Gasteiger partial charge in [-0.05, 0) is 28.1 Å². The number of carbonyl (C=O) groups excluding carboxylic acids is 1. The van der Waals surface area contributed by atoms with Crippen LogP contribution in [0, 0.1) is 0 Å². The lowest BCUT2D eigenvalue weighted by Gasteiger charge is -2.47. The van der Waals surface area contributed by atoms with Crippen molar-refractivity contribution in [2.45, 2.75) is 44.1 Å². The van der Waals surface area contributed by atoms with E-state index in [1.807, 2.05) is 48.5 Å². The van der Waals surface area contributed by atoms with E-state index in [0.717, 1.165) is 11.1 Å². The largest absolute Gasteiger partial charge is 0.445 e. The van der Waals surface area contributed by atoms with Crippen molar-refractivity contribution >= 4 is 25.3 Å². The third-order valence-corrected chi connectivity index (χ3v) is 10.9. The Morgan fingerprint density at radius 3 is 2.37 bits per heavy atom. The van der Waals surface area contributed by atoms with Gasteiger partial charge in [0.05, 0.1) is 18.8 Å². The van der Waals surface area contributed by atoms with Gasteiger partial charge in [0.2, 0.25) is 0 Å². The quantitative estimate of drug-likeness (QED) is 0.320. The van der Waals surface area contributed by atoms with Crippen LogP contribution in [0.5, 0.6) is 0 Å². The van der Waals surface area contributed by atoms with Gasteiger partial charge in [-0.3, -0.25) is 0 Å². The van der Waals surface area contributed by atoms with E-state index in [1.54, 1.807) is 12.2 Å². The summed E-state index contributed by atoms with van der Waals surface area (Å²) in [6.45, 7) is 4.63. The minimum atomic E-state index is -1.59. The highest BCUT2D eigenvalue weighted by Gasteiger charge is 2.47. The average Bonchev–Trinajstić information content (AvgIpc) is 2.87. The van der Waals surface area contributed by atoms with Crippen molar-refractivity contribution in [1.82, 2.24) is 5.32 Å². The number of hydrogen-bond acceptors (Lipinski definition) is 4. The number of alkyl carbamates (subject to hydrolysis) is 1. The van der Waals surface area contributed by atoms with Gasteiger partial charge < -0.3 is 20.3 Å². The van der Waals surface area contributed by atoms with Crippen LogP contribution in [0.3, 0.4) is 0 Å². The molecular formula is C29H33NO4Si. The zero-order valence-corrected chi connectivity index (χ0v) is 21.4. The zero-order valence-electron chi connectivity index (χ0n) is 20.2. The second kappa shape index (κ2) is 11.0. The van der Waals surface area contributed by atoms with Gasteiger partial charge in [-0.2, -0.15) is 0 Å². The van der Waals surface area contributed by atoms with Crippen LogP contribution in [0.2, 0.25) is 0 Å². The average molecular weight is 488 g/mol. The molecule has 3 aromatic rings. The normalized spacial score (nSPS) is 17.8. The molecular weight excluding hydrogens is 454 g/mol. The van der Waals surface area contributed by atoms with Gasteiger partial charge in [0.25, 0.3) is 0 Å². The lowest BCUT2D eigenvalue weighted by molar-refractivity contribution is 0.103. The maximum Gasteiger partial charge on any atom is 0.407 e. The Morgan fingerprint density at radius 2 is 1.63 bits per heavy atom. The molecule has 3 unspecified atom stereocenters. The monoisotopic (exact) mass is 487 g/mol. The van der Waals surface area contributed by atoms with Crippen molar-refractivity contribution in [1.29, 1.82) is 0 Å². The predicted octanol–water partition coefficient (Wildman–Crippen LogP) is 3.13. The number of hydrogen-bond donors (Lipinski definition) is 3. The molecule has 1 amide bonds. The van der Waals surface area contributed by atoms with Gasteiger partial charge in [0.15, 0.2) is 0 Å². The first-order chi connectivity index (χ1) is 16.9. The summed E-state index contributed by atoms with van der Waals surface area (Å²) in [6, 6.07) is 25.5. The van der Waals surface area contributed by atoms with Crippen LogP contribution < -0.4 is 15.7 Å². The van der Waals surface area contributed by atoms with Crippen molar-refractivity contribution in [3.05, 3.63) is 108 Å². The van der Waals surface area contributed by atoms with E-state index in [9.17, 15) is 15.0 Å². The molecule has 0 aromatic heterocycles. The Hall–Kier alpha value is -3.19. The van der Waals surface area contributed by atoms with Gasteiger partial charge in [-0.15, -0.1) is 0 Å². The summed E-state index contributed by atoms with van der Waals surface area (Å²) in [7, 11) is -1.59. The van der Waals surface area contributed by atoms with E-state index in [1.165, 1.54) is 15.9 Å². The summed E-state index contributed by atoms with van der Waals surface area (Å²) in [5.41, 5.74) is 3.12. The van der Waals surface area contributed by atoms with E-state index in [0.29, 0.717) is 6.42 Å². The fraction of sp³-hybridized carbons (Fsp3) is 0.276. The third kappa shape index (κ3) is 5.40. The molecule has 1 heterocycles. The van der Waals surface area contributed by atoms with Crippen molar-refractivity contribution < 1.29 is 19.7 Å². The first kappa shape index (κ1) is 24.9.